The molecule has 1 aliphatic rings. The maximum Gasteiger partial charge on any atom is 0.241 e. The van der Waals surface area contributed by atoms with E-state index in [1.807, 2.05) is 18.2 Å². The van der Waals surface area contributed by atoms with Crippen molar-refractivity contribution >= 4 is 23.1 Å². The Bertz CT molecular complexity index is 423. The van der Waals surface area contributed by atoms with Crippen LogP contribution in [-0.2, 0) is 11.2 Å². The van der Waals surface area contributed by atoms with Crippen LogP contribution in [0.2, 0.25) is 5.02 Å². The smallest absolute Gasteiger partial charge is 0.241 e. The molecule has 2 rings (SSSR count). The standard InChI is InChI=1S/C11H10ClNO/c12-9-4-3-7-1-2-8(5-11(13)14)10(7)6-9/h3-6H,1-2H2,(H2,13,14)/b8-5+. The predicted octanol–water partition coefficient (Wildman–Crippen LogP) is 2.15. The fraction of sp³-hybridized carbons (Fsp3) is 0.182. The molecule has 0 atom stereocenters. The van der Waals surface area contributed by atoms with E-state index in [0.29, 0.717) is 5.02 Å². The van der Waals surface area contributed by atoms with Gasteiger partial charge in [0.15, 0.2) is 0 Å². The number of halogens is 1. The van der Waals surface area contributed by atoms with E-state index in [2.05, 4.69) is 0 Å². The lowest BCUT2D eigenvalue weighted by molar-refractivity contribution is -0.113. The van der Waals surface area contributed by atoms with Crippen molar-refractivity contribution in [3.8, 4) is 0 Å². The zero-order valence-electron chi connectivity index (χ0n) is 7.59. The lowest BCUT2D eigenvalue weighted by atomic mass is 10.1. The lowest BCUT2D eigenvalue weighted by Crippen LogP contribution is -2.06. The number of aryl methyl sites for hydroxylation is 1. The Hall–Kier alpha value is -1.28. The minimum atomic E-state index is -0.396. The van der Waals surface area contributed by atoms with Crippen LogP contribution >= 0.6 is 11.6 Å². The number of primary amides is 1. The van der Waals surface area contributed by atoms with Crippen LogP contribution in [0.25, 0.3) is 5.57 Å². The zero-order chi connectivity index (χ0) is 10.1. The number of fused-ring (bicyclic) bond motifs is 1. The van der Waals surface area contributed by atoms with Crippen molar-refractivity contribution in [3.05, 3.63) is 40.4 Å². The summed E-state index contributed by atoms with van der Waals surface area (Å²) in [7, 11) is 0. The fourth-order valence-corrected chi connectivity index (χ4v) is 1.96. The van der Waals surface area contributed by atoms with Crippen LogP contribution < -0.4 is 5.73 Å². The van der Waals surface area contributed by atoms with Gasteiger partial charge in [-0.2, -0.15) is 0 Å². The van der Waals surface area contributed by atoms with Gasteiger partial charge in [-0.1, -0.05) is 17.7 Å². The molecule has 72 valence electrons. The molecule has 0 radical (unpaired) electrons. The number of carbonyl (C=O) groups excluding carboxylic acids is 1. The van der Waals surface area contributed by atoms with E-state index in [4.69, 9.17) is 17.3 Å². The normalized spacial score (nSPS) is 17.1. The van der Waals surface area contributed by atoms with E-state index in [0.717, 1.165) is 24.0 Å². The molecule has 2 N–H and O–H groups in total. The van der Waals surface area contributed by atoms with Crippen molar-refractivity contribution < 1.29 is 4.79 Å². The quantitative estimate of drug-likeness (QED) is 0.705. The van der Waals surface area contributed by atoms with Gasteiger partial charge in [-0.3, -0.25) is 4.79 Å². The molecule has 1 aromatic carbocycles. The molecule has 2 nitrogen and oxygen atoms in total. The van der Waals surface area contributed by atoms with E-state index in [9.17, 15) is 4.79 Å². The highest BCUT2D eigenvalue weighted by molar-refractivity contribution is 6.30. The number of allylic oxidation sites excluding steroid dienone is 1. The first-order valence-electron chi connectivity index (χ1n) is 4.45. The summed E-state index contributed by atoms with van der Waals surface area (Å²) in [5.41, 5.74) is 8.42. The first-order chi connectivity index (χ1) is 6.66. The summed E-state index contributed by atoms with van der Waals surface area (Å²) in [6, 6.07) is 5.76. The molecule has 0 aromatic heterocycles. The third-order valence-electron chi connectivity index (χ3n) is 2.40. The van der Waals surface area contributed by atoms with Crippen LogP contribution in [0.4, 0.5) is 0 Å². The summed E-state index contributed by atoms with van der Waals surface area (Å²) in [5.74, 6) is -0.396. The molecule has 1 aromatic rings. The third-order valence-corrected chi connectivity index (χ3v) is 2.63. The van der Waals surface area contributed by atoms with Crippen LogP contribution in [0.1, 0.15) is 17.5 Å². The molecule has 0 saturated carbocycles. The number of benzene rings is 1. The average Bonchev–Trinajstić information content (AvgIpc) is 2.47. The molecule has 0 saturated heterocycles. The fourth-order valence-electron chi connectivity index (χ4n) is 1.79. The van der Waals surface area contributed by atoms with Crippen LogP contribution in [0, 0.1) is 0 Å². The first-order valence-corrected chi connectivity index (χ1v) is 4.83. The third kappa shape index (κ3) is 1.66. The maximum atomic E-state index is 10.8. The molecule has 1 amide bonds. The lowest BCUT2D eigenvalue weighted by Gasteiger charge is -2.00. The maximum absolute atomic E-state index is 10.8. The summed E-state index contributed by atoms with van der Waals surface area (Å²) in [6.07, 6.45) is 3.33. The minimum absolute atomic E-state index is 0.396. The van der Waals surface area contributed by atoms with Gasteiger partial charge < -0.3 is 5.73 Å². The Morgan fingerprint density at radius 3 is 2.93 bits per heavy atom. The topological polar surface area (TPSA) is 43.1 Å². The van der Waals surface area contributed by atoms with Crippen molar-refractivity contribution in [2.24, 2.45) is 5.73 Å². The number of nitrogens with two attached hydrogens (primary N) is 1. The van der Waals surface area contributed by atoms with Crippen molar-refractivity contribution in [3.63, 3.8) is 0 Å². The molecular weight excluding hydrogens is 198 g/mol. The van der Waals surface area contributed by atoms with Crippen LogP contribution in [0.3, 0.4) is 0 Å². The summed E-state index contributed by atoms with van der Waals surface area (Å²) in [4.78, 5) is 10.8. The summed E-state index contributed by atoms with van der Waals surface area (Å²) in [5, 5.41) is 0.695. The van der Waals surface area contributed by atoms with E-state index < -0.39 is 5.91 Å². The van der Waals surface area contributed by atoms with Crippen molar-refractivity contribution in [1.29, 1.82) is 0 Å². The Morgan fingerprint density at radius 1 is 1.43 bits per heavy atom. The molecule has 3 heteroatoms. The second-order valence-corrected chi connectivity index (χ2v) is 3.81. The van der Waals surface area contributed by atoms with Crippen molar-refractivity contribution in [2.75, 3.05) is 0 Å². The number of carbonyl (C=O) groups is 1. The Morgan fingerprint density at radius 2 is 2.21 bits per heavy atom. The molecule has 0 fully saturated rings. The molecule has 0 unspecified atom stereocenters. The van der Waals surface area contributed by atoms with Gasteiger partial charge in [0.1, 0.15) is 0 Å². The number of amides is 1. The van der Waals surface area contributed by atoms with E-state index in [1.54, 1.807) is 0 Å². The van der Waals surface area contributed by atoms with Gasteiger partial charge in [-0.15, -0.1) is 0 Å². The Balaban J connectivity index is 2.48. The summed E-state index contributed by atoms with van der Waals surface area (Å²) in [6.45, 7) is 0. The zero-order valence-corrected chi connectivity index (χ0v) is 8.34. The summed E-state index contributed by atoms with van der Waals surface area (Å²) < 4.78 is 0. The average molecular weight is 208 g/mol. The van der Waals surface area contributed by atoms with E-state index in [1.165, 1.54) is 11.6 Å². The van der Waals surface area contributed by atoms with Gasteiger partial charge in [0.05, 0.1) is 0 Å². The highest BCUT2D eigenvalue weighted by Gasteiger charge is 2.16. The Kier molecular flexibility index (Phi) is 2.30. The molecule has 0 aliphatic heterocycles. The second-order valence-electron chi connectivity index (χ2n) is 3.37. The van der Waals surface area contributed by atoms with Gasteiger partial charge in [0.2, 0.25) is 5.91 Å². The predicted molar refractivity (Wildman–Crippen MR) is 56.9 cm³/mol. The molecule has 0 spiro atoms. The number of rotatable bonds is 1. The van der Waals surface area contributed by atoms with E-state index in [-0.39, 0.29) is 0 Å². The first kappa shape index (κ1) is 9.28. The highest BCUT2D eigenvalue weighted by Crippen LogP contribution is 2.33. The molecule has 1 aliphatic carbocycles. The summed E-state index contributed by atoms with van der Waals surface area (Å²) >= 11 is 5.88. The van der Waals surface area contributed by atoms with Gasteiger partial charge in [0.25, 0.3) is 0 Å². The largest absolute Gasteiger partial charge is 0.366 e. The highest BCUT2D eigenvalue weighted by atomic mass is 35.5. The van der Waals surface area contributed by atoms with E-state index >= 15 is 0 Å². The molecule has 0 heterocycles. The molecule has 14 heavy (non-hydrogen) atoms. The number of hydrogen-bond acceptors (Lipinski definition) is 1. The Labute approximate surface area is 87.4 Å². The number of hydrogen-bond donors (Lipinski definition) is 1. The van der Waals surface area contributed by atoms with Crippen molar-refractivity contribution in [1.82, 2.24) is 0 Å². The van der Waals surface area contributed by atoms with Gasteiger partial charge in [0, 0.05) is 11.1 Å². The monoisotopic (exact) mass is 207 g/mol. The minimum Gasteiger partial charge on any atom is -0.366 e. The van der Waals surface area contributed by atoms with Crippen LogP contribution in [0.5, 0.6) is 0 Å². The van der Waals surface area contributed by atoms with Crippen LogP contribution in [-0.4, -0.2) is 5.91 Å². The van der Waals surface area contributed by atoms with Gasteiger partial charge in [-0.05, 0) is 41.7 Å². The SMILES string of the molecule is NC(=O)/C=C1\CCc2ccc(Cl)cc21. The second kappa shape index (κ2) is 3.46. The molecular formula is C11H10ClNO. The van der Waals surface area contributed by atoms with Crippen LogP contribution in [0.15, 0.2) is 24.3 Å². The molecule has 0 bridgehead atoms. The van der Waals surface area contributed by atoms with Gasteiger partial charge in [-0.25, -0.2) is 0 Å². The van der Waals surface area contributed by atoms with Gasteiger partial charge >= 0.3 is 0 Å². The van der Waals surface area contributed by atoms with Crippen molar-refractivity contribution in [2.45, 2.75) is 12.8 Å².